The van der Waals surface area contributed by atoms with E-state index in [0.717, 1.165) is 0 Å². The van der Waals surface area contributed by atoms with Crippen molar-refractivity contribution in [1.29, 1.82) is 0 Å². The van der Waals surface area contributed by atoms with Gasteiger partial charge in [0.05, 0.1) is 6.20 Å². The fraction of sp³-hybridized carbons (Fsp3) is 0.0625. The number of rotatable bonds is 5. The minimum atomic E-state index is -1.29. The Morgan fingerprint density at radius 1 is 1.25 bits per heavy atom. The molecule has 0 unspecified atom stereocenters. The van der Waals surface area contributed by atoms with Gasteiger partial charge < -0.3 is 14.9 Å². The van der Waals surface area contributed by atoms with Gasteiger partial charge in [-0.05, 0) is 24.3 Å². The van der Waals surface area contributed by atoms with Crippen LogP contribution in [0.2, 0.25) is 5.02 Å². The van der Waals surface area contributed by atoms with Gasteiger partial charge in [-0.1, -0.05) is 35.0 Å². The number of para-hydroxylation sites is 1. The van der Waals surface area contributed by atoms with Crippen LogP contribution in [0.4, 0.5) is 0 Å². The SMILES string of the molecule is O=C(O)c1cc(Cl)cc(-n2cc(COc3ccccc3)nn2)c1O. The van der Waals surface area contributed by atoms with Crippen LogP contribution in [-0.2, 0) is 6.61 Å². The van der Waals surface area contributed by atoms with Crippen LogP contribution in [0.3, 0.4) is 0 Å². The van der Waals surface area contributed by atoms with E-state index in [1.165, 1.54) is 23.0 Å². The summed E-state index contributed by atoms with van der Waals surface area (Å²) in [5.74, 6) is -1.04. The summed E-state index contributed by atoms with van der Waals surface area (Å²) in [6, 6.07) is 11.8. The summed E-state index contributed by atoms with van der Waals surface area (Å²) in [5, 5.41) is 27.2. The number of carboxylic acid groups (broad SMARTS) is 1. The highest BCUT2D eigenvalue weighted by Crippen LogP contribution is 2.30. The molecule has 0 fully saturated rings. The molecule has 0 aliphatic heterocycles. The van der Waals surface area contributed by atoms with Gasteiger partial charge in [0.1, 0.15) is 29.3 Å². The lowest BCUT2D eigenvalue weighted by atomic mass is 10.1. The Balaban J connectivity index is 1.84. The molecule has 122 valence electrons. The fourth-order valence-electron chi connectivity index (χ4n) is 2.08. The van der Waals surface area contributed by atoms with Crippen molar-refractivity contribution in [3.05, 3.63) is 64.9 Å². The number of ether oxygens (including phenoxy) is 1. The number of halogens is 1. The van der Waals surface area contributed by atoms with Crippen LogP contribution in [0, 0.1) is 0 Å². The highest BCUT2D eigenvalue weighted by atomic mass is 35.5. The molecule has 0 spiro atoms. The summed E-state index contributed by atoms with van der Waals surface area (Å²) >= 11 is 5.90. The van der Waals surface area contributed by atoms with Crippen molar-refractivity contribution in [3.63, 3.8) is 0 Å². The van der Waals surface area contributed by atoms with Crippen molar-refractivity contribution in [3.8, 4) is 17.2 Å². The van der Waals surface area contributed by atoms with Gasteiger partial charge in [-0.3, -0.25) is 0 Å². The number of hydrogen-bond acceptors (Lipinski definition) is 5. The Morgan fingerprint density at radius 3 is 2.71 bits per heavy atom. The van der Waals surface area contributed by atoms with E-state index < -0.39 is 11.7 Å². The zero-order chi connectivity index (χ0) is 17.1. The highest BCUT2D eigenvalue weighted by molar-refractivity contribution is 6.31. The first-order valence-corrected chi connectivity index (χ1v) is 7.27. The Bertz CT molecular complexity index is 880. The number of benzene rings is 2. The van der Waals surface area contributed by atoms with Crippen molar-refractivity contribution >= 4 is 17.6 Å². The zero-order valence-corrected chi connectivity index (χ0v) is 13.0. The number of carboxylic acids is 1. The molecule has 3 aromatic rings. The smallest absolute Gasteiger partial charge is 0.339 e. The minimum absolute atomic E-state index is 0.123. The Morgan fingerprint density at radius 2 is 2.00 bits per heavy atom. The average molecular weight is 346 g/mol. The molecule has 0 radical (unpaired) electrons. The molecule has 3 rings (SSSR count). The normalized spacial score (nSPS) is 10.5. The van der Waals surface area contributed by atoms with Crippen LogP contribution in [-0.4, -0.2) is 31.2 Å². The number of aromatic hydroxyl groups is 1. The molecular weight excluding hydrogens is 334 g/mol. The summed E-state index contributed by atoms with van der Waals surface area (Å²) in [4.78, 5) is 11.1. The Kier molecular flexibility index (Phi) is 4.35. The first-order chi connectivity index (χ1) is 11.5. The largest absolute Gasteiger partial charge is 0.505 e. The third-order valence-corrected chi connectivity index (χ3v) is 3.42. The summed E-state index contributed by atoms with van der Waals surface area (Å²) in [6.07, 6.45) is 1.53. The molecule has 0 aliphatic rings. The van der Waals surface area contributed by atoms with Crippen LogP contribution in [0.15, 0.2) is 48.7 Å². The van der Waals surface area contributed by atoms with Crippen LogP contribution in [0.25, 0.3) is 5.69 Å². The lowest BCUT2D eigenvalue weighted by molar-refractivity contribution is 0.0693. The molecule has 2 N–H and O–H groups in total. The first-order valence-electron chi connectivity index (χ1n) is 6.90. The van der Waals surface area contributed by atoms with Crippen LogP contribution < -0.4 is 4.74 Å². The third kappa shape index (κ3) is 3.31. The van der Waals surface area contributed by atoms with Crippen molar-refractivity contribution in [2.24, 2.45) is 0 Å². The third-order valence-electron chi connectivity index (χ3n) is 3.20. The number of nitrogens with zero attached hydrogens (tertiary/aromatic N) is 3. The van der Waals surface area contributed by atoms with Gasteiger partial charge in [-0.2, -0.15) is 0 Å². The van der Waals surface area contributed by atoms with Gasteiger partial charge in [-0.25, -0.2) is 9.48 Å². The first kappa shape index (κ1) is 15.8. The second kappa shape index (κ2) is 6.59. The molecule has 8 heteroatoms. The molecule has 7 nitrogen and oxygen atoms in total. The standard InChI is InChI=1S/C16H12ClN3O4/c17-10-6-13(16(22)23)15(21)14(7-10)20-8-11(18-19-20)9-24-12-4-2-1-3-5-12/h1-8,21H,9H2,(H,22,23). The number of carbonyl (C=O) groups is 1. The molecule has 1 heterocycles. The molecule has 0 saturated carbocycles. The monoisotopic (exact) mass is 345 g/mol. The lowest BCUT2D eigenvalue weighted by Gasteiger charge is -2.07. The second-order valence-electron chi connectivity index (χ2n) is 4.88. The molecule has 0 amide bonds. The van der Waals surface area contributed by atoms with Gasteiger partial charge in [0.15, 0.2) is 5.75 Å². The van der Waals surface area contributed by atoms with E-state index in [-0.39, 0.29) is 22.9 Å². The van der Waals surface area contributed by atoms with Crippen molar-refractivity contribution in [2.75, 3.05) is 0 Å². The molecule has 2 aromatic carbocycles. The number of phenols is 1. The summed E-state index contributed by atoms with van der Waals surface area (Å²) in [7, 11) is 0. The van der Waals surface area contributed by atoms with Crippen molar-refractivity contribution in [2.45, 2.75) is 6.61 Å². The van der Waals surface area contributed by atoms with Gasteiger partial charge in [-0.15, -0.1) is 5.10 Å². The molecular formula is C16H12ClN3O4. The van der Waals surface area contributed by atoms with Gasteiger partial charge in [0.2, 0.25) is 0 Å². The van der Waals surface area contributed by atoms with Crippen molar-refractivity contribution in [1.82, 2.24) is 15.0 Å². The summed E-state index contributed by atoms with van der Waals surface area (Å²) < 4.78 is 6.81. The molecule has 0 saturated heterocycles. The minimum Gasteiger partial charge on any atom is -0.505 e. The molecule has 0 bridgehead atoms. The number of aromatic carboxylic acids is 1. The second-order valence-corrected chi connectivity index (χ2v) is 5.32. The molecule has 1 aromatic heterocycles. The topological polar surface area (TPSA) is 97.5 Å². The molecule has 0 aliphatic carbocycles. The van der Waals surface area contributed by atoms with Crippen LogP contribution in [0.5, 0.6) is 11.5 Å². The summed E-state index contributed by atoms with van der Waals surface area (Å²) in [5.41, 5.74) is 0.323. The van der Waals surface area contributed by atoms with Crippen LogP contribution in [0.1, 0.15) is 16.1 Å². The van der Waals surface area contributed by atoms with Gasteiger partial charge >= 0.3 is 5.97 Å². The van der Waals surface area contributed by atoms with Crippen molar-refractivity contribution < 1.29 is 19.7 Å². The molecule has 24 heavy (non-hydrogen) atoms. The zero-order valence-electron chi connectivity index (χ0n) is 12.3. The van der Waals surface area contributed by atoms with E-state index in [1.807, 2.05) is 30.3 Å². The summed E-state index contributed by atoms with van der Waals surface area (Å²) in [6.45, 7) is 0.178. The lowest BCUT2D eigenvalue weighted by Crippen LogP contribution is -2.02. The van der Waals surface area contributed by atoms with E-state index in [1.54, 1.807) is 0 Å². The number of aromatic nitrogens is 3. The van der Waals surface area contributed by atoms with Gasteiger partial charge in [0, 0.05) is 5.02 Å². The maximum Gasteiger partial charge on any atom is 0.339 e. The van der Waals surface area contributed by atoms with E-state index in [9.17, 15) is 9.90 Å². The molecule has 0 atom stereocenters. The predicted octanol–water partition coefficient (Wildman–Crippen LogP) is 2.90. The van der Waals surface area contributed by atoms with E-state index in [0.29, 0.717) is 11.4 Å². The highest BCUT2D eigenvalue weighted by Gasteiger charge is 2.17. The fourth-order valence-corrected chi connectivity index (χ4v) is 2.29. The van der Waals surface area contributed by atoms with E-state index in [2.05, 4.69) is 10.3 Å². The number of hydrogen-bond donors (Lipinski definition) is 2. The van der Waals surface area contributed by atoms with Gasteiger partial charge in [0.25, 0.3) is 0 Å². The quantitative estimate of drug-likeness (QED) is 0.738. The van der Waals surface area contributed by atoms with E-state index >= 15 is 0 Å². The average Bonchev–Trinajstić information content (AvgIpc) is 3.04. The van der Waals surface area contributed by atoms with Crippen LogP contribution >= 0.6 is 11.6 Å². The maximum atomic E-state index is 11.1. The Labute approximate surface area is 141 Å². The predicted molar refractivity (Wildman–Crippen MR) is 85.8 cm³/mol. The Hall–Kier alpha value is -3.06. The maximum absolute atomic E-state index is 11.1. The van der Waals surface area contributed by atoms with E-state index in [4.69, 9.17) is 21.4 Å².